The average molecular weight is 486 g/mol. The minimum Gasteiger partial charge on any atom is -0.340 e. The molecule has 0 aromatic heterocycles. The van der Waals surface area contributed by atoms with Crippen LogP contribution in [0.1, 0.15) is 23.2 Å². The summed E-state index contributed by atoms with van der Waals surface area (Å²) in [5, 5.41) is 11.0. The highest BCUT2D eigenvalue weighted by atomic mass is 127. The number of benzene rings is 1. The molecule has 2 aliphatic rings. The predicted octanol–water partition coefficient (Wildman–Crippen LogP) is 1.83. The fraction of sp³-hybridized carbons (Fsp3) is 0.556. The van der Waals surface area contributed by atoms with E-state index in [-0.39, 0.29) is 23.4 Å². The molecule has 2 aliphatic heterocycles. The van der Waals surface area contributed by atoms with E-state index in [2.05, 4.69) is 11.9 Å². The topological polar surface area (TPSA) is 87.0 Å². The molecule has 0 spiro atoms. The lowest BCUT2D eigenvalue weighted by Crippen LogP contribution is -2.51. The summed E-state index contributed by atoms with van der Waals surface area (Å²) in [6.07, 6.45) is 1.28. The molecule has 146 valence electrons. The zero-order valence-electron chi connectivity index (χ0n) is 15.3. The van der Waals surface area contributed by atoms with Crippen LogP contribution in [0.25, 0.3) is 0 Å². The Morgan fingerprint density at radius 3 is 2.30 bits per heavy atom. The number of rotatable bonds is 3. The molecule has 2 fully saturated rings. The van der Waals surface area contributed by atoms with Gasteiger partial charge >= 0.3 is 0 Å². The molecule has 2 amide bonds. The summed E-state index contributed by atoms with van der Waals surface area (Å²) < 4.78 is 0.693. The Balaban J connectivity index is 1.60. The van der Waals surface area contributed by atoms with E-state index in [1.54, 1.807) is 11.0 Å². The first kappa shape index (κ1) is 20.0. The quantitative estimate of drug-likeness (QED) is 0.370. The summed E-state index contributed by atoms with van der Waals surface area (Å²) in [4.78, 5) is 41.9. The third-order valence-corrected chi connectivity index (χ3v) is 6.28. The van der Waals surface area contributed by atoms with Gasteiger partial charge in [0.15, 0.2) is 0 Å². The van der Waals surface area contributed by atoms with Gasteiger partial charge in [0.2, 0.25) is 5.91 Å². The number of nitro groups is 1. The normalized spacial score (nSPS) is 19.2. The molecule has 27 heavy (non-hydrogen) atoms. The highest BCUT2D eigenvalue weighted by Crippen LogP contribution is 2.25. The van der Waals surface area contributed by atoms with Crippen molar-refractivity contribution in [1.82, 2.24) is 14.7 Å². The number of piperazine rings is 1. The Hall–Kier alpha value is -1.75. The van der Waals surface area contributed by atoms with Crippen molar-refractivity contribution < 1.29 is 14.5 Å². The molecule has 0 N–H and O–H groups in total. The van der Waals surface area contributed by atoms with Crippen molar-refractivity contribution in [2.75, 3.05) is 46.3 Å². The van der Waals surface area contributed by atoms with Gasteiger partial charge in [0.1, 0.15) is 0 Å². The SMILES string of the molecule is CN1CCN(C(=O)C2CCN(C(=O)c3cc([N+](=O)[O-])ccc3I)CC2)CC1. The van der Waals surface area contributed by atoms with Gasteiger partial charge in [0.25, 0.3) is 11.6 Å². The second kappa shape index (κ2) is 8.51. The molecule has 0 bridgehead atoms. The first-order valence-electron chi connectivity index (χ1n) is 9.07. The zero-order valence-corrected chi connectivity index (χ0v) is 17.4. The Morgan fingerprint density at radius 2 is 1.70 bits per heavy atom. The van der Waals surface area contributed by atoms with Gasteiger partial charge in [-0.2, -0.15) is 0 Å². The number of piperidine rings is 1. The molecule has 0 aliphatic carbocycles. The van der Waals surface area contributed by atoms with Gasteiger partial charge in [-0.1, -0.05) is 0 Å². The zero-order chi connectivity index (χ0) is 19.6. The predicted molar refractivity (Wildman–Crippen MR) is 109 cm³/mol. The van der Waals surface area contributed by atoms with Crippen molar-refractivity contribution in [3.63, 3.8) is 0 Å². The van der Waals surface area contributed by atoms with Crippen molar-refractivity contribution in [3.8, 4) is 0 Å². The fourth-order valence-electron chi connectivity index (χ4n) is 3.58. The van der Waals surface area contributed by atoms with Gasteiger partial charge in [-0.15, -0.1) is 0 Å². The summed E-state index contributed by atoms with van der Waals surface area (Å²) in [6, 6.07) is 4.33. The molecule has 0 saturated carbocycles. The number of nitrogens with zero attached hydrogens (tertiary/aromatic N) is 4. The molecule has 9 heteroatoms. The largest absolute Gasteiger partial charge is 0.340 e. The second-order valence-corrected chi connectivity index (χ2v) is 8.28. The van der Waals surface area contributed by atoms with Gasteiger partial charge in [-0.05, 0) is 48.5 Å². The lowest BCUT2D eigenvalue weighted by atomic mass is 9.94. The first-order chi connectivity index (χ1) is 12.9. The van der Waals surface area contributed by atoms with E-state index < -0.39 is 4.92 Å². The maximum Gasteiger partial charge on any atom is 0.270 e. The molecule has 2 heterocycles. The molecule has 1 aromatic carbocycles. The van der Waals surface area contributed by atoms with Crippen LogP contribution in [-0.2, 0) is 4.79 Å². The second-order valence-electron chi connectivity index (χ2n) is 7.12. The number of amides is 2. The number of carbonyl (C=O) groups excluding carboxylic acids is 2. The Bertz CT molecular complexity index is 741. The van der Waals surface area contributed by atoms with Crippen LogP contribution in [-0.4, -0.2) is 77.8 Å². The maximum atomic E-state index is 12.8. The number of non-ortho nitro benzene ring substituents is 1. The highest BCUT2D eigenvalue weighted by molar-refractivity contribution is 14.1. The van der Waals surface area contributed by atoms with Gasteiger partial charge in [-0.3, -0.25) is 19.7 Å². The van der Waals surface area contributed by atoms with Crippen LogP contribution >= 0.6 is 22.6 Å². The summed E-state index contributed by atoms with van der Waals surface area (Å²) in [5.41, 5.74) is 0.271. The molecular formula is C18H23IN4O4. The summed E-state index contributed by atoms with van der Waals surface area (Å²) in [7, 11) is 2.06. The van der Waals surface area contributed by atoms with Crippen LogP contribution in [0.4, 0.5) is 5.69 Å². The van der Waals surface area contributed by atoms with Crippen molar-refractivity contribution in [2.24, 2.45) is 5.92 Å². The number of hydrogen-bond acceptors (Lipinski definition) is 5. The summed E-state index contributed by atoms with van der Waals surface area (Å²) >= 11 is 2.02. The van der Waals surface area contributed by atoms with Crippen LogP contribution in [0.5, 0.6) is 0 Å². The van der Waals surface area contributed by atoms with Gasteiger partial charge in [0, 0.05) is 60.9 Å². The lowest BCUT2D eigenvalue weighted by molar-refractivity contribution is -0.384. The monoisotopic (exact) mass is 486 g/mol. The molecule has 1 aromatic rings. The van der Waals surface area contributed by atoms with Crippen molar-refractivity contribution in [1.29, 1.82) is 0 Å². The standard InChI is InChI=1S/C18H23IN4O4/c1-20-8-10-22(11-9-20)17(24)13-4-6-21(7-5-13)18(25)15-12-14(23(26)27)2-3-16(15)19/h2-3,12-13H,4-11H2,1H3. The smallest absolute Gasteiger partial charge is 0.270 e. The van der Waals surface area contributed by atoms with E-state index in [0.717, 1.165) is 26.2 Å². The Labute approximate surface area is 171 Å². The number of nitro benzene ring substituents is 1. The van der Waals surface area contributed by atoms with E-state index in [1.165, 1.54) is 12.1 Å². The van der Waals surface area contributed by atoms with Crippen molar-refractivity contribution >= 4 is 40.1 Å². The number of carbonyl (C=O) groups is 2. The molecule has 0 atom stereocenters. The van der Waals surface area contributed by atoms with E-state index in [9.17, 15) is 19.7 Å². The van der Waals surface area contributed by atoms with Gasteiger partial charge in [-0.25, -0.2) is 0 Å². The van der Waals surface area contributed by atoms with Crippen molar-refractivity contribution in [2.45, 2.75) is 12.8 Å². The summed E-state index contributed by atoms with van der Waals surface area (Å²) in [6.45, 7) is 4.33. The number of likely N-dealkylation sites (tertiary alicyclic amines) is 1. The molecule has 0 radical (unpaired) electrons. The Kier molecular flexibility index (Phi) is 6.30. The molecule has 2 saturated heterocycles. The van der Waals surface area contributed by atoms with Crippen LogP contribution in [0.3, 0.4) is 0 Å². The van der Waals surface area contributed by atoms with Crippen LogP contribution < -0.4 is 0 Å². The van der Waals surface area contributed by atoms with Crippen LogP contribution in [0.2, 0.25) is 0 Å². The van der Waals surface area contributed by atoms with Gasteiger partial charge in [0.05, 0.1) is 10.5 Å². The molecular weight excluding hydrogens is 463 g/mol. The molecule has 0 unspecified atom stereocenters. The third kappa shape index (κ3) is 4.57. The van der Waals surface area contributed by atoms with Crippen LogP contribution in [0.15, 0.2) is 18.2 Å². The highest BCUT2D eigenvalue weighted by Gasteiger charge is 2.32. The number of likely N-dealkylation sites (N-methyl/N-ethyl adjacent to an activating group) is 1. The van der Waals surface area contributed by atoms with Crippen LogP contribution in [0, 0.1) is 19.6 Å². The lowest BCUT2D eigenvalue weighted by Gasteiger charge is -2.37. The minimum absolute atomic E-state index is 0.0402. The summed E-state index contributed by atoms with van der Waals surface area (Å²) in [5.74, 6) is -0.0460. The maximum absolute atomic E-state index is 12.8. The van der Waals surface area contributed by atoms with Crippen molar-refractivity contribution in [3.05, 3.63) is 37.4 Å². The van der Waals surface area contributed by atoms with E-state index in [4.69, 9.17) is 0 Å². The van der Waals surface area contributed by atoms with Gasteiger partial charge < -0.3 is 14.7 Å². The first-order valence-corrected chi connectivity index (χ1v) is 10.1. The minimum atomic E-state index is -0.492. The molecule has 8 nitrogen and oxygen atoms in total. The van der Waals surface area contributed by atoms with E-state index >= 15 is 0 Å². The number of hydrogen-bond donors (Lipinski definition) is 0. The fourth-order valence-corrected chi connectivity index (χ4v) is 4.14. The Morgan fingerprint density at radius 1 is 1.07 bits per heavy atom. The van der Waals surface area contributed by atoms with E-state index in [0.29, 0.717) is 35.1 Å². The third-order valence-electron chi connectivity index (χ3n) is 5.34. The van der Waals surface area contributed by atoms with E-state index in [1.807, 2.05) is 27.5 Å². The number of halogens is 1. The molecule has 3 rings (SSSR count). The average Bonchev–Trinajstić information content (AvgIpc) is 2.68.